The van der Waals surface area contributed by atoms with Crippen molar-refractivity contribution in [2.45, 2.75) is 40.3 Å². The molecule has 0 aliphatic heterocycles. The Balaban J connectivity index is 2.65. The molecular formula is C13H21N3O. The van der Waals surface area contributed by atoms with Gasteiger partial charge in [0.15, 0.2) is 0 Å². The lowest BCUT2D eigenvalue weighted by Crippen LogP contribution is -2.49. The van der Waals surface area contributed by atoms with Crippen LogP contribution in [0.2, 0.25) is 0 Å². The first kappa shape index (κ1) is 13.6. The van der Waals surface area contributed by atoms with Crippen molar-refractivity contribution in [3.63, 3.8) is 0 Å². The minimum atomic E-state index is -0.356. The van der Waals surface area contributed by atoms with Gasteiger partial charge in [-0.3, -0.25) is 15.1 Å². The van der Waals surface area contributed by atoms with Crippen LogP contribution in [0, 0.1) is 12.3 Å². The first-order valence-electron chi connectivity index (χ1n) is 5.75. The van der Waals surface area contributed by atoms with E-state index in [0.29, 0.717) is 6.54 Å². The van der Waals surface area contributed by atoms with Gasteiger partial charge in [-0.1, -0.05) is 26.8 Å². The van der Waals surface area contributed by atoms with Crippen LogP contribution in [0.15, 0.2) is 18.3 Å². The zero-order chi connectivity index (χ0) is 13.1. The Morgan fingerprint density at radius 2 is 2.12 bits per heavy atom. The Morgan fingerprint density at radius 3 is 2.53 bits per heavy atom. The van der Waals surface area contributed by atoms with Crippen molar-refractivity contribution >= 4 is 5.91 Å². The number of aromatic nitrogens is 1. The Labute approximate surface area is 103 Å². The molecule has 17 heavy (non-hydrogen) atoms. The molecule has 1 aromatic rings. The van der Waals surface area contributed by atoms with Crippen LogP contribution in [0.3, 0.4) is 0 Å². The molecule has 1 heterocycles. The standard InChI is InChI=1S/C13H21N3O/c1-9-5-6-10(15-7-9)8-16-11(12(14)17)13(2,3)4/h5-7,11,16H,8H2,1-4H3,(H2,14,17)/t11-/m1/s1. The first-order valence-corrected chi connectivity index (χ1v) is 5.75. The van der Waals surface area contributed by atoms with Gasteiger partial charge in [0.05, 0.1) is 11.7 Å². The second kappa shape index (κ2) is 5.27. The van der Waals surface area contributed by atoms with E-state index in [4.69, 9.17) is 5.73 Å². The van der Waals surface area contributed by atoms with Gasteiger partial charge in [-0.15, -0.1) is 0 Å². The maximum atomic E-state index is 11.4. The van der Waals surface area contributed by atoms with E-state index in [2.05, 4.69) is 10.3 Å². The number of nitrogens with two attached hydrogens (primary N) is 1. The monoisotopic (exact) mass is 235 g/mol. The maximum Gasteiger partial charge on any atom is 0.235 e. The summed E-state index contributed by atoms with van der Waals surface area (Å²) < 4.78 is 0. The van der Waals surface area contributed by atoms with E-state index < -0.39 is 0 Å². The molecule has 0 saturated carbocycles. The lowest BCUT2D eigenvalue weighted by Gasteiger charge is -2.28. The summed E-state index contributed by atoms with van der Waals surface area (Å²) in [6.45, 7) is 8.49. The third-order valence-electron chi connectivity index (χ3n) is 2.61. The smallest absolute Gasteiger partial charge is 0.235 e. The van der Waals surface area contributed by atoms with Crippen molar-refractivity contribution in [3.8, 4) is 0 Å². The second-order valence-corrected chi connectivity index (χ2v) is 5.41. The van der Waals surface area contributed by atoms with Gasteiger partial charge in [0.1, 0.15) is 0 Å². The van der Waals surface area contributed by atoms with Crippen LogP contribution < -0.4 is 11.1 Å². The zero-order valence-electron chi connectivity index (χ0n) is 10.9. The number of hydrogen-bond donors (Lipinski definition) is 2. The van der Waals surface area contributed by atoms with Gasteiger partial charge in [-0.2, -0.15) is 0 Å². The molecule has 0 bridgehead atoms. The topological polar surface area (TPSA) is 68.0 Å². The average molecular weight is 235 g/mol. The molecule has 4 heteroatoms. The zero-order valence-corrected chi connectivity index (χ0v) is 10.9. The fourth-order valence-corrected chi connectivity index (χ4v) is 1.64. The Morgan fingerprint density at radius 1 is 1.47 bits per heavy atom. The third kappa shape index (κ3) is 4.15. The summed E-state index contributed by atoms with van der Waals surface area (Å²) in [5.41, 5.74) is 7.22. The van der Waals surface area contributed by atoms with Crippen LogP contribution in [-0.4, -0.2) is 16.9 Å². The minimum Gasteiger partial charge on any atom is -0.368 e. The van der Waals surface area contributed by atoms with Gasteiger partial charge in [0.25, 0.3) is 0 Å². The van der Waals surface area contributed by atoms with Crippen LogP contribution >= 0.6 is 0 Å². The van der Waals surface area contributed by atoms with Crippen molar-refractivity contribution in [2.24, 2.45) is 11.1 Å². The summed E-state index contributed by atoms with van der Waals surface area (Å²) in [4.78, 5) is 15.6. The molecule has 94 valence electrons. The van der Waals surface area contributed by atoms with Crippen molar-refractivity contribution in [1.29, 1.82) is 0 Å². The number of amides is 1. The molecule has 0 radical (unpaired) electrons. The number of nitrogens with one attached hydrogen (secondary N) is 1. The van der Waals surface area contributed by atoms with E-state index in [0.717, 1.165) is 11.3 Å². The molecule has 0 aliphatic carbocycles. The Hall–Kier alpha value is -1.42. The summed E-state index contributed by atoms with van der Waals surface area (Å²) in [6.07, 6.45) is 1.81. The summed E-state index contributed by atoms with van der Waals surface area (Å²) in [5.74, 6) is -0.329. The number of pyridine rings is 1. The molecule has 1 aromatic heterocycles. The highest BCUT2D eigenvalue weighted by atomic mass is 16.1. The predicted molar refractivity (Wildman–Crippen MR) is 68.3 cm³/mol. The molecule has 1 atom stereocenters. The third-order valence-corrected chi connectivity index (χ3v) is 2.61. The maximum absolute atomic E-state index is 11.4. The molecule has 0 spiro atoms. The van der Waals surface area contributed by atoms with Gasteiger partial charge in [0, 0.05) is 12.7 Å². The Bertz CT molecular complexity index is 379. The highest BCUT2D eigenvalue weighted by molar-refractivity contribution is 5.80. The fraction of sp³-hybridized carbons (Fsp3) is 0.538. The number of primary amides is 1. The van der Waals surface area contributed by atoms with Crippen molar-refractivity contribution in [1.82, 2.24) is 10.3 Å². The number of carbonyl (C=O) groups is 1. The number of hydrogen-bond acceptors (Lipinski definition) is 3. The van der Waals surface area contributed by atoms with Crippen molar-refractivity contribution in [2.75, 3.05) is 0 Å². The van der Waals surface area contributed by atoms with Gasteiger partial charge >= 0.3 is 0 Å². The number of carbonyl (C=O) groups excluding carboxylic acids is 1. The molecule has 0 unspecified atom stereocenters. The lowest BCUT2D eigenvalue weighted by atomic mass is 9.86. The summed E-state index contributed by atoms with van der Waals surface area (Å²) in [5, 5.41) is 3.16. The molecule has 0 fully saturated rings. The van der Waals surface area contributed by atoms with Gasteiger partial charge in [-0.05, 0) is 24.0 Å². The Kier molecular flexibility index (Phi) is 4.23. The second-order valence-electron chi connectivity index (χ2n) is 5.41. The number of rotatable bonds is 4. The van der Waals surface area contributed by atoms with E-state index in [9.17, 15) is 4.79 Å². The fourth-order valence-electron chi connectivity index (χ4n) is 1.64. The van der Waals surface area contributed by atoms with E-state index in [1.54, 1.807) is 0 Å². The SMILES string of the molecule is Cc1ccc(CN[C@H](C(N)=O)C(C)(C)C)nc1. The van der Waals surface area contributed by atoms with E-state index in [-0.39, 0.29) is 17.4 Å². The molecule has 1 amide bonds. The summed E-state index contributed by atoms with van der Waals surface area (Å²) >= 11 is 0. The van der Waals surface area contributed by atoms with Gasteiger partial charge in [0.2, 0.25) is 5.91 Å². The highest BCUT2D eigenvalue weighted by Crippen LogP contribution is 2.19. The van der Waals surface area contributed by atoms with Crippen LogP contribution in [0.4, 0.5) is 0 Å². The molecule has 3 N–H and O–H groups in total. The summed E-state index contributed by atoms with van der Waals surface area (Å²) in [6, 6.07) is 3.59. The molecule has 0 aromatic carbocycles. The largest absolute Gasteiger partial charge is 0.368 e. The van der Waals surface area contributed by atoms with Crippen LogP contribution in [0.25, 0.3) is 0 Å². The molecule has 0 aliphatic rings. The van der Waals surface area contributed by atoms with Crippen molar-refractivity contribution in [3.05, 3.63) is 29.6 Å². The van der Waals surface area contributed by atoms with Gasteiger partial charge in [-0.25, -0.2) is 0 Å². The van der Waals surface area contributed by atoms with Gasteiger partial charge < -0.3 is 5.73 Å². The normalized spacial score (nSPS) is 13.4. The average Bonchev–Trinajstić information content (AvgIpc) is 2.18. The minimum absolute atomic E-state index is 0.198. The molecule has 1 rings (SSSR count). The van der Waals surface area contributed by atoms with Crippen molar-refractivity contribution < 1.29 is 4.79 Å². The number of nitrogens with zero attached hydrogens (tertiary/aromatic N) is 1. The van der Waals surface area contributed by atoms with Crippen LogP contribution in [0.5, 0.6) is 0 Å². The molecular weight excluding hydrogens is 214 g/mol. The van der Waals surface area contributed by atoms with E-state index >= 15 is 0 Å². The van der Waals surface area contributed by atoms with Crippen LogP contribution in [0.1, 0.15) is 32.0 Å². The summed E-state index contributed by atoms with van der Waals surface area (Å²) in [7, 11) is 0. The lowest BCUT2D eigenvalue weighted by molar-refractivity contribution is -0.122. The number of aryl methyl sites for hydroxylation is 1. The molecule has 4 nitrogen and oxygen atoms in total. The van der Waals surface area contributed by atoms with E-state index in [1.807, 2.05) is 46.0 Å². The first-order chi connectivity index (χ1) is 7.80. The predicted octanol–water partition coefficient (Wildman–Crippen LogP) is 1.38. The molecule has 0 saturated heterocycles. The van der Waals surface area contributed by atoms with E-state index in [1.165, 1.54) is 0 Å². The highest BCUT2D eigenvalue weighted by Gasteiger charge is 2.28. The van der Waals surface area contributed by atoms with Crippen LogP contribution in [-0.2, 0) is 11.3 Å². The quantitative estimate of drug-likeness (QED) is 0.828.